The predicted molar refractivity (Wildman–Crippen MR) is 62.5 cm³/mol. The lowest BCUT2D eigenvalue weighted by molar-refractivity contribution is -0.142. The van der Waals surface area contributed by atoms with Crippen LogP contribution in [-0.2, 0) is 16.1 Å². The average molecular weight is 272 g/mol. The summed E-state index contributed by atoms with van der Waals surface area (Å²) in [7, 11) is 1.39. The van der Waals surface area contributed by atoms with Crippen LogP contribution in [0.15, 0.2) is 28.7 Å². The summed E-state index contributed by atoms with van der Waals surface area (Å²) in [6.45, 7) is 2.44. The van der Waals surface area contributed by atoms with E-state index in [2.05, 4.69) is 26.0 Å². The van der Waals surface area contributed by atoms with Gasteiger partial charge in [0.1, 0.15) is 6.04 Å². The molecule has 0 saturated carbocycles. The highest BCUT2D eigenvalue weighted by molar-refractivity contribution is 9.10. The van der Waals surface area contributed by atoms with Crippen LogP contribution in [0.4, 0.5) is 0 Å². The summed E-state index contributed by atoms with van der Waals surface area (Å²) in [5, 5.41) is 3.08. The third-order valence-electron chi connectivity index (χ3n) is 2.08. The molecule has 0 aliphatic rings. The third-order valence-corrected chi connectivity index (χ3v) is 2.61. The monoisotopic (exact) mass is 271 g/mol. The van der Waals surface area contributed by atoms with E-state index in [0.29, 0.717) is 6.54 Å². The molecule has 3 nitrogen and oxygen atoms in total. The van der Waals surface area contributed by atoms with E-state index in [0.717, 1.165) is 10.0 Å². The van der Waals surface area contributed by atoms with Gasteiger partial charge in [-0.2, -0.15) is 0 Å². The van der Waals surface area contributed by atoms with Crippen molar-refractivity contribution in [1.29, 1.82) is 0 Å². The molecule has 0 radical (unpaired) electrons. The lowest BCUT2D eigenvalue weighted by atomic mass is 10.2. The second-order valence-electron chi connectivity index (χ2n) is 3.25. The summed E-state index contributed by atoms with van der Waals surface area (Å²) >= 11 is 3.37. The fraction of sp³-hybridized carbons (Fsp3) is 0.364. The van der Waals surface area contributed by atoms with E-state index in [4.69, 9.17) is 0 Å². The van der Waals surface area contributed by atoms with Gasteiger partial charge in [0, 0.05) is 11.0 Å². The van der Waals surface area contributed by atoms with Crippen molar-refractivity contribution >= 4 is 21.9 Å². The molecule has 0 saturated heterocycles. The van der Waals surface area contributed by atoms with E-state index in [9.17, 15) is 4.79 Å². The number of esters is 1. The Kier molecular flexibility index (Phi) is 4.78. The summed E-state index contributed by atoms with van der Waals surface area (Å²) in [6.07, 6.45) is 0. The molecule has 0 heterocycles. The van der Waals surface area contributed by atoms with Crippen LogP contribution in [0, 0.1) is 0 Å². The van der Waals surface area contributed by atoms with Crippen molar-refractivity contribution < 1.29 is 9.53 Å². The molecule has 0 spiro atoms. The van der Waals surface area contributed by atoms with Gasteiger partial charge >= 0.3 is 5.97 Å². The van der Waals surface area contributed by atoms with Crippen LogP contribution in [0.1, 0.15) is 12.5 Å². The summed E-state index contributed by atoms with van der Waals surface area (Å²) in [4.78, 5) is 11.1. The van der Waals surface area contributed by atoms with E-state index < -0.39 is 0 Å². The molecule has 0 fully saturated rings. The number of carbonyl (C=O) groups is 1. The first-order valence-electron chi connectivity index (χ1n) is 4.69. The Labute approximate surface area is 97.9 Å². The Morgan fingerprint density at radius 2 is 2.07 bits per heavy atom. The van der Waals surface area contributed by atoms with Crippen molar-refractivity contribution in [3.05, 3.63) is 34.3 Å². The molecule has 0 bridgehead atoms. The maximum absolute atomic E-state index is 11.1. The van der Waals surface area contributed by atoms with Gasteiger partial charge in [-0.25, -0.2) is 0 Å². The molecular weight excluding hydrogens is 258 g/mol. The third kappa shape index (κ3) is 4.01. The van der Waals surface area contributed by atoms with Crippen molar-refractivity contribution in [1.82, 2.24) is 5.32 Å². The Bertz CT molecular complexity index is 324. The van der Waals surface area contributed by atoms with E-state index in [1.807, 2.05) is 24.3 Å². The molecule has 4 heteroatoms. The lowest BCUT2D eigenvalue weighted by Gasteiger charge is -2.11. The van der Waals surface area contributed by atoms with E-state index in [1.54, 1.807) is 6.92 Å². The highest BCUT2D eigenvalue weighted by Gasteiger charge is 2.11. The van der Waals surface area contributed by atoms with Gasteiger partial charge in [0.15, 0.2) is 0 Å². The molecule has 0 aromatic heterocycles. The van der Waals surface area contributed by atoms with Gasteiger partial charge in [-0.05, 0) is 24.6 Å². The summed E-state index contributed by atoms with van der Waals surface area (Å²) < 4.78 is 5.66. The van der Waals surface area contributed by atoms with Crippen LogP contribution >= 0.6 is 15.9 Å². The summed E-state index contributed by atoms with van der Waals surface area (Å²) in [6, 6.07) is 7.67. The molecule has 1 rings (SSSR count). The highest BCUT2D eigenvalue weighted by Crippen LogP contribution is 2.10. The van der Waals surface area contributed by atoms with E-state index in [-0.39, 0.29) is 12.0 Å². The number of carbonyl (C=O) groups excluding carboxylic acids is 1. The summed E-state index contributed by atoms with van der Waals surface area (Å²) in [5.41, 5.74) is 1.13. The number of nitrogens with one attached hydrogen (secondary N) is 1. The Morgan fingerprint density at radius 3 is 2.60 bits per heavy atom. The van der Waals surface area contributed by atoms with Crippen molar-refractivity contribution in [3.63, 3.8) is 0 Å². The highest BCUT2D eigenvalue weighted by atomic mass is 79.9. The SMILES string of the molecule is COC(=O)[C@H](C)NCc1ccc(Br)cc1. The smallest absolute Gasteiger partial charge is 0.322 e. The van der Waals surface area contributed by atoms with Crippen LogP contribution in [0.3, 0.4) is 0 Å². The number of hydrogen-bond donors (Lipinski definition) is 1. The zero-order valence-electron chi connectivity index (χ0n) is 8.79. The number of halogens is 1. The number of rotatable bonds is 4. The van der Waals surface area contributed by atoms with Crippen molar-refractivity contribution in [2.24, 2.45) is 0 Å². The normalized spacial score (nSPS) is 12.2. The maximum atomic E-state index is 11.1. The van der Waals surface area contributed by atoms with Crippen LogP contribution in [-0.4, -0.2) is 19.1 Å². The molecule has 1 aromatic carbocycles. The molecule has 0 aliphatic heterocycles. The zero-order chi connectivity index (χ0) is 11.3. The molecule has 82 valence electrons. The summed E-state index contributed by atoms with van der Waals surface area (Å²) in [5.74, 6) is -0.243. The van der Waals surface area contributed by atoms with Gasteiger partial charge in [-0.1, -0.05) is 28.1 Å². The molecule has 0 aliphatic carbocycles. The number of benzene rings is 1. The fourth-order valence-corrected chi connectivity index (χ4v) is 1.40. The van der Waals surface area contributed by atoms with E-state index >= 15 is 0 Å². The average Bonchev–Trinajstić information content (AvgIpc) is 2.26. The van der Waals surface area contributed by atoms with Crippen LogP contribution in [0.2, 0.25) is 0 Å². The van der Waals surface area contributed by atoms with Crippen LogP contribution in [0.5, 0.6) is 0 Å². The molecule has 15 heavy (non-hydrogen) atoms. The van der Waals surface area contributed by atoms with Gasteiger partial charge in [-0.3, -0.25) is 4.79 Å². The van der Waals surface area contributed by atoms with Crippen molar-refractivity contribution in [2.45, 2.75) is 19.5 Å². The molecule has 1 aromatic rings. The molecule has 0 unspecified atom stereocenters. The minimum Gasteiger partial charge on any atom is -0.468 e. The largest absolute Gasteiger partial charge is 0.468 e. The van der Waals surface area contributed by atoms with Crippen molar-refractivity contribution in [2.75, 3.05) is 7.11 Å². The minimum atomic E-state index is -0.279. The minimum absolute atomic E-state index is 0.243. The molecular formula is C11H14BrNO2. The van der Waals surface area contributed by atoms with E-state index in [1.165, 1.54) is 7.11 Å². The number of hydrogen-bond acceptors (Lipinski definition) is 3. The molecule has 1 N–H and O–H groups in total. The van der Waals surface area contributed by atoms with Gasteiger partial charge < -0.3 is 10.1 Å². The lowest BCUT2D eigenvalue weighted by Crippen LogP contribution is -2.34. The standard InChI is InChI=1S/C11H14BrNO2/c1-8(11(14)15-2)13-7-9-3-5-10(12)6-4-9/h3-6,8,13H,7H2,1-2H3/t8-/m0/s1. The van der Waals surface area contributed by atoms with Gasteiger partial charge in [0.05, 0.1) is 7.11 Å². The molecule has 1 atom stereocenters. The van der Waals surface area contributed by atoms with Crippen LogP contribution < -0.4 is 5.32 Å². The second kappa shape index (κ2) is 5.88. The van der Waals surface area contributed by atoms with Gasteiger partial charge in [0.2, 0.25) is 0 Å². The topological polar surface area (TPSA) is 38.3 Å². The number of ether oxygens (including phenoxy) is 1. The molecule has 0 amide bonds. The van der Waals surface area contributed by atoms with Gasteiger partial charge in [0.25, 0.3) is 0 Å². The Balaban J connectivity index is 2.43. The second-order valence-corrected chi connectivity index (χ2v) is 4.17. The fourth-order valence-electron chi connectivity index (χ4n) is 1.13. The maximum Gasteiger partial charge on any atom is 0.322 e. The zero-order valence-corrected chi connectivity index (χ0v) is 10.4. The number of methoxy groups -OCH3 is 1. The first kappa shape index (κ1) is 12.2. The first-order valence-corrected chi connectivity index (χ1v) is 5.48. The Morgan fingerprint density at radius 1 is 1.47 bits per heavy atom. The van der Waals surface area contributed by atoms with Crippen molar-refractivity contribution in [3.8, 4) is 0 Å². The Hall–Kier alpha value is -0.870. The quantitative estimate of drug-likeness (QED) is 0.853. The van der Waals surface area contributed by atoms with Gasteiger partial charge in [-0.15, -0.1) is 0 Å². The predicted octanol–water partition coefficient (Wildman–Crippen LogP) is 2.10. The first-order chi connectivity index (χ1) is 7.13. The van der Waals surface area contributed by atoms with Crippen LogP contribution in [0.25, 0.3) is 0 Å².